The van der Waals surface area contributed by atoms with Gasteiger partial charge in [-0.1, -0.05) is 68.4 Å². The van der Waals surface area contributed by atoms with Gasteiger partial charge >= 0.3 is 6.01 Å². The molecule has 2 bridgehead atoms. The molecule has 19 heteroatoms. The van der Waals surface area contributed by atoms with E-state index in [0.29, 0.717) is 60.1 Å². The summed E-state index contributed by atoms with van der Waals surface area (Å²) in [4.78, 5) is 59.5. The Kier molecular flexibility index (Phi) is 14.9. The highest BCUT2D eigenvalue weighted by Gasteiger charge is 2.53. The number of aromatic hydroxyl groups is 1. The number of ether oxygens (including phenoxy) is 1. The molecule has 6 aliphatic rings. The van der Waals surface area contributed by atoms with Crippen LogP contribution in [0.1, 0.15) is 101 Å². The van der Waals surface area contributed by atoms with Gasteiger partial charge in [-0.15, -0.1) is 11.3 Å². The second-order valence-corrected chi connectivity index (χ2v) is 25.5. The Hall–Kier alpha value is -6.80. The molecule has 7 aromatic rings. The number of hydrogen-bond acceptors (Lipinski definition) is 16. The number of carbonyl (C=O) groups excluding carboxylic acids is 2. The van der Waals surface area contributed by atoms with Gasteiger partial charge in [-0.3, -0.25) is 19.5 Å². The lowest BCUT2D eigenvalue weighted by Crippen LogP contribution is -2.72. The number of thiazole rings is 1. The van der Waals surface area contributed by atoms with Crippen molar-refractivity contribution in [2.75, 3.05) is 88.4 Å². The molecule has 5 unspecified atom stereocenters. The van der Waals surface area contributed by atoms with E-state index < -0.39 is 17.8 Å². The lowest BCUT2D eigenvalue weighted by atomic mass is 9.72. The molecule has 82 heavy (non-hydrogen) atoms. The van der Waals surface area contributed by atoms with Crippen LogP contribution in [-0.2, 0) is 16.0 Å². The summed E-state index contributed by atoms with van der Waals surface area (Å²) in [6, 6.07) is 19.6. The Labute approximate surface area is 482 Å². The smallest absolute Gasteiger partial charge is 0.319 e. The van der Waals surface area contributed by atoms with Gasteiger partial charge in [0.05, 0.1) is 27.5 Å². The number of halogens is 1. The Bertz CT molecular complexity index is 3480. The van der Waals surface area contributed by atoms with Crippen molar-refractivity contribution in [2.45, 2.75) is 110 Å². The number of piperidine rings is 1. The molecule has 13 rings (SSSR count). The minimum absolute atomic E-state index is 0.0496. The number of pyridine rings is 1. The number of amides is 2. The van der Waals surface area contributed by atoms with Crippen molar-refractivity contribution in [3.8, 4) is 33.5 Å². The molecular formula is C63H75FN12O5S. The third-order valence-corrected chi connectivity index (χ3v) is 19.5. The van der Waals surface area contributed by atoms with E-state index in [0.717, 1.165) is 148 Å². The molecule has 0 radical (unpaired) electrons. The summed E-state index contributed by atoms with van der Waals surface area (Å²) in [5, 5.41) is 24.4. The minimum Gasteiger partial charge on any atom is -0.508 e. The molecule has 10 heterocycles. The van der Waals surface area contributed by atoms with Crippen molar-refractivity contribution in [2.24, 2.45) is 17.3 Å². The maximum atomic E-state index is 17.1. The van der Waals surface area contributed by atoms with E-state index in [2.05, 4.69) is 71.6 Å². The molecule has 430 valence electrons. The minimum atomic E-state index is -0.552. The van der Waals surface area contributed by atoms with Crippen LogP contribution in [0.4, 0.5) is 16.0 Å². The average Bonchev–Trinajstić information content (AvgIpc) is 4.27. The number of hydrogen-bond donors (Lipinski definition) is 3. The molecule has 6 fully saturated rings. The van der Waals surface area contributed by atoms with Crippen LogP contribution in [0.3, 0.4) is 0 Å². The highest BCUT2D eigenvalue weighted by atomic mass is 32.1. The zero-order valence-corrected chi connectivity index (χ0v) is 48.6. The number of aryl methyl sites for hydroxylation is 2. The van der Waals surface area contributed by atoms with Crippen molar-refractivity contribution < 1.29 is 28.3 Å². The first-order valence-electron chi connectivity index (χ1n) is 29.8. The number of piperazine rings is 1. The normalized spacial score (nSPS) is 21.8. The molecule has 1 spiro atoms. The lowest BCUT2D eigenvalue weighted by Gasteiger charge is -2.61. The second-order valence-electron chi connectivity index (χ2n) is 24.7. The van der Waals surface area contributed by atoms with Crippen molar-refractivity contribution in [1.82, 2.24) is 50.4 Å². The predicted octanol–water partition coefficient (Wildman–Crippen LogP) is 9.13. The summed E-state index contributed by atoms with van der Waals surface area (Å²) >= 11 is 1.62. The van der Waals surface area contributed by atoms with Crippen LogP contribution in [-0.4, -0.2) is 153 Å². The van der Waals surface area contributed by atoms with Gasteiger partial charge < -0.3 is 44.6 Å². The zero-order valence-electron chi connectivity index (χ0n) is 47.7. The van der Waals surface area contributed by atoms with Crippen molar-refractivity contribution >= 4 is 56.5 Å². The van der Waals surface area contributed by atoms with Crippen LogP contribution in [0.15, 0.2) is 76.9 Å². The van der Waals surface area contributed by atoms with Gasteiger partial charge in [0.2, 0.25) is 11.8 Å². The van der Waals surface area contributed by atoms with Crippen LogP contribution in [0.5, 0.6) is 11.8 Å². The maximum Gasteiger partial charge on any atom is 0.319 e. The van der Waals surface area contributed by atoms with Gasteiger partial charge in [0.25, 0.3) is 0 Å². The molecule has 6 aliphatic heterocycles. The van der Waals surface area contributed by atoms with Crippen LogP contribution in [0.2, 0.25) is 0 Å². The van der Waals surface area contributed by atoms with E-state index in [9.17, 15) is 14.7 Å². The van der Waals surface area contributed by atoms with Gasteiger partial charge in [-0.05, 0) is 123 Å². The standard InChI is InChI=1S/C63H75FN12O5S/c1-6-41-9-7-10-44-25-47(77)26-48(54(41)44)56-55(64)57-49(28-65-56)59(74-30-45-16-17-46(31-74)68-45)70-62(69-57)80-24-23-72-21-18-40(19-22-72)29-73-32-63(33-73)34-75(35-63)52-27-51(81-71-52)53(37(2)3)61(79)76-20-8-11-50(76)60(78)67-38(4)42-12-14-43(15-13-42)58-39(5)66-36-82-58/h7,9-10,12-15,25-28,36-38,40,45-46,50,53,68,77H,6,8,11,16-24,29-35H2,1-5H3,(H,67,78). The summed E-state index contributed by atoms with van der Waals surface area (Å²) in [5.74, 6) is 1.30. The molecule has 0 saturated carbocycles. The number of anilines is 2. The van der Waals surface area contributed by atoms with Crippen molar-refractivity contribution in [1.29, 1.82) is 0 Å². The van der Waals surface area contributed by atoms with E-state index in [1.54, 1.807) is 34.6 Å². The largest absolute Gasteiger partial charge is 0.508 e. The number of phenols is 1. The van der Waals surface area contributed by atoms with E-state index in [1.807, 2.05) is 57.5 Å². The Morgan fingerprint density at radius 2 is 1.71 bits per heavy atom. The molecular weight excluding hydrogens is 1060 g/mol. The first-order chi connectivity index (χ1) is 39.8. The molecule has 17 nitrogen and oxygen atoms in total. The molecule has 5 atom stereocenters. The van der Waals surface area contributed by atoms with Gasteiger partial charge in [0, 0.05) is 94.2 Å². The number of nitrogens with zero attached hydrogens (tertiary/aromatic N) is 10. The molecule has 6 saturated heterocycles. The summed E-state index contributed by atoms with van der Waals surface area (Å²) in [6.07, 6.45) is 8.26. The van der Waals surface area contributed by atoms with E-state index in [4.69, 9.17) is 24.2 Å². The number of benzene rings is 3. The monoisotopic (exact) mass is 1130 g/mol. The van der Waals surface area contributed by atoms with Crippen molar-refractivity contribution in [3.63, 3.8) is 0 Å². The summed E-state index contributed by atoms with van der Waals surface area (Å²) in [7, 11) is 0. The quantitative estimate of drug-likeness (QED) is 0.0785. The van der Waals surface area contributed by atoms with E-state index >= 15 is 4.39 Å². The predicted molar refractivity (Wildman–Crippen MR) is 317 cm³/mol. The Morgan fingerprint density at radius 3 is 2.44 bits per heavy atom. The fourth-order valence-electron chi connectivity index (χ4n) is 14.3. The maximum absolute atomic E-state index is 17.1. The molecule has 0 aliphatic carbocycles. The van der Waals surface area contributed by atoms with Gasteiger partial charge in [0.15, 0.2) is 17.4 Å². The average molecular weight is 1130 g/mol. The fourth-order valence-corrected chi connectivity index (χ4v) is 15.1. The number of likely N-dealkylation sites (tertiary alicyclic amines) is 3. The number of phenolic OH excluding ortho intramolecular Hbond substituents is 1. The number of carbonyl (C=O) groups is 2. The third-order valence-electron chi connectivity index (χ3n) is 18.6. The number of fused-ring (bicyclic) bond motifs is 4. The fraction of sp³-hybridized carbons (Fsp3) is 0.508. The molecule has 4 aromatic heterocycles. The van der Waals surface area contributed by atoms with Gasteiger partial charge in [-0.25, -0.2) is 9.37 Å². The van der Waals surface area contributed by atoms with E-state index in [-0.39, 0.29) is 52.2 Å². The van der Waals surface area contributed by atoms with Crippen LogP contribution in [0.25, 0.3) is 43.4 Å². The van der Waals surface area contributed by atoms with Gasteiger partial charge in [-0.2, -0.15) is 9.97 Å². The van der Waals surface area contributed by atoms with Gasteiger partial charge in [0.1, 0.15) is 41.3 Å². The first kappa shape index (κ1) is 54.4. The Balaban J connectivity index is 0.585. The van der Waals surface area contributed by atoms with E-state index in [1.165, 1.54) is 0 Å². The zero-order chi connectivity index (χ0) is 56.4. The molecule has 3 aromatic carbocycles. The Morgan fingerprint density at radius 1 is 0.927 bits per heavy atom. The molecule has 2 amide bonds. The second kappa shape index (κ2) is 22.4. The SMILES string of the molecule is CCc1cccc2cc(O)cc(-c3ncc4c(N5CC6CCC(C5)N6)nc(OCCN5CCC(CN6CC7(C6)CN(c6cc(C(C(=O)N8CCCC8C(=O)NC(C)c8ccc(-c9scnc9C)cc8)C(C)C)on6)C7)CC5)nc4c3F)c12. The van der Waals surface area contributed by atoms with Crippen molar-refractivity contribution in [3.05, 3.63) is 101 Å². The lowest BCUT2D eigenvalue weighted by molar-refractivity contribution is -0.141. The number of nitrogens with one attached hydrogen (secondary N) is 2. The summed E-state index contributed by atoms with van der Waals surface area (Å²) in [5.41, 5.74) is 7.13. The number of aromatic nitrogens is 5. The summed E-state index contributed by atoms with van der Waals surface area (Å²) < 4.78 is 29.5. The molecule has 3 N–H and O–H groups in total. The number of rotatable bonds is 17. The first-order valence-corrected chi connectivity index (χ1v) is 30.7. The van der Waals surface area contributed by atoms with Crippen LogP contribution in [0, 0.1) is 30.0 Å². The third kappa shape index (κ3) is 10.5. The highest BCUT2D eigenvalue weighted by Crippen LogP contribution is 2.44. The van der Waals surface area contributed by atoms with Crippen LogP contribution < -0.4 is 25.2 Å². The topological polar surface area (TPSA) is 181 Å². The van der Waals surface area contributed by atoms with Crippen LogP contribution >= 0.6 is 11.3 Å². The summed E-state index contributed by atoms with van der Waals surface area (Å²) in [6.45, 7) is 20.3. The highest BCUT2D eigenvalue weighted by molar-refractivity contribution is 7.13.